The van der Waals surface area contributed by atoms with E-state index in [1.54, 1.807) is 24.3 Å². The fourth-order valence-electron chi connectivity index (χ4n) is 3.54. The second-order valence-electron chi connectivity index (χ2n) is 7.61. The van der Waals surface area contributed by atoms with Crippen LogP contribution in [-0.2, 0) is 9.53 Å². The summed E-state index contributed by atoms with van der Waals surface area (Å²) in [5.74, 6) is 5.82. The number of aromatic nitrogens is 2. The molecular formula is C22H23N5O4. The molecule has 2 amide bonds. The second-order valence-corrected chi connectivity index (χ2v) is 7.61. The fraction of sp³-hybridized carbons (Fsp3) is 0.364. The molecule has 0 bridgehead atoms. The summed E-state index contributed by atoms with van der Waals surface area (Å²) in [4.78, 5) is 32.7. The van der Waals surface area contributed by atoms with E-state index in [-0.39, 0.29) is 24.2 Å². The van der Waals surface area contributed by atoms with Gasteiger partial charge in [0.05, 0.1) is 19.3 Å². The minimum Gasteiger partial charge on any atom is -0.394 e. The van der Waals surface area contributed by atoms with E-state index in [0.717, 1.165) is 6.42 Å². The Bertz CT molecular complexity index is 1070. The van der Waals surface area contributed by atoms with Gasteiger partial charge in [-0.3, -0.25) is 9.59 Å². The third-order valence-corrected chi connectivity index (χ3v) is 5.37. The van der Waals surface area contributed by atoms with E-state index in [9.17, 15) is 14.7 Å². The molecule has 1 aromatic carbocycles. The summed E-state index contributed by atoms with van der Waals surface area (Å²) >= 11 is 0. The SMILES string of the molecule is NC(=O)c1cc(N[C@@H]2CCOC2)nc(-c2cccc(C#C[C@@]3(CO)CCNC3=O)c2)n1. The molecule has 2 saturated heterocycles. The topological polar surface area (TPSA) is 139 Å². The number of aliphatic hydroxyl groups excluding tert-OH is 1. The molecule has 2 fully saturated rings. The number of nitrogens with one attached hydrogen (secondary N) is 2. The predicted octanol–water partition coefficient (Wildman–Crippen LogP) is 0.293. The van der Waals surface area contributed by atoms with Gasteiger partial charge in [0.15, 0.2) is 5.82 Å². The van der Waals surface area contributed by atoms with Gasteiger partial charge < -0.3 is 26.2 Å². The number of aliphatic hydroxyl groups is 1. The van der Waals surface area contributed by atoms with Crippen LogP contribution < -0.4 is 16.4 Å². The van der Waals surface area contributed by atoms with Crippen molar-refractivity contribution in [3.63, 3.8) is 0 Å². The van der Waals surface area contributed by atoms with Crippen LogP contribution in [0.2, 0.25) is 0 Å². The van der Waals surface area contributed by atoms with Crippen molar-refractivity contribution >= 4 is 17.6 Å². The van der Waals surface area contributed by atoms with E-state index >= 15 is 0 Å². The maximum Gasteiger partial charge on any atom is 0.267 e. The molecule has 0 aliphatic carbocycles. The van der Waals surface area contributed by atoms with Crippen molar-refractivity contribution in [3.8, 4) is 23.2 Å². The molecule has 160 valence electrons. The van der Waals surface area contributed by atoms with Crippen LogP contribution in [0.1, 0.15) is 28.9 Å². The Hall–Kier alpha value is -3.48. The van der Waals surface area contributed by atoms with Crippen molar-refractivity contribution in [1.29, 1.82) is 0 Å². The lowest BCUT2D eigenvalue weighted by molar-refractivity contribution is -0.126. The summed E-state index contributed by atoms with van der Waals surface area (Å²) < 4.78 is 5.37. The Morgan fingerprint density at radius 1 is 1.39 bits per heavy atom. The van der Waals surface area contributed by atoms with Gasteiger partial charge in [-0.2, -0.15) is 0 Å². The maximum atomic E-state index is 12.1. The van der Waals surface area contributed by atoms with E-state index in [0.29, 0.717) is 48.9 Å². The molecule has 3 heterocycles. The number of hydrogen-bond acceptors (Lipinski definition) is 7. The summed E-state index contributed by atoms with van der Waals surface area (Å²) in [6.45, 7) is 1.39. The van der Waals surface area contributed by atoms with Crippen LogP contribution in [0.4, 0.5) is 5.82 Å². The van der Waals surface area contributed by atoms with Crippen molar-refractivity contribution in [3.05, 3.63) is 41.6 Å². The van der Waals surface area contributed by atoms with E-state index < -0.39 is 11.3 Å². The molecule has 0 saturated carbocycles. The lowest BCUT2D eigenvalue weighted by Crippen LogP contribution is -2.33. The standard InChI is InChI=1S/C22H23N5O4/c23-19(29)17-11-18(25-16-5-9-31-12-16)27-20(26-17)15-3-1-2-14(10-15)4-6-22(13-28)7-8-24-21(22)30/h1-3,10-11,16,28H,5,7-9,12-13H2,(H2,23,29)(H,24,30)(H,25,26,27)/t16-,22+/m1/s1. The van der Waals surface area contributed by atoms with Crippen molar-refractivity contribution in [1.82, 2.24) is 15.3 Å². The number of ether oxygens (including phenoxy) is 1. The summed E-state index contributed by atoms with van der Waals surface area (Å²) in [5, 5.41) is 15.6. The van der Waals surface area contributed by atoms with Gasteiger partial charge in [-0.15, -0.1) is 0 Å². The number of primary amides is 1. The van der Waals surface area contributed by atoms with E-state index in [1.165, 1.54) is 6.07 Å². The van der Waals surface area contributed by atoms with Gasteiger partial charge >= 0.3 is 0 Å². The highest BCUT2D eigenvalue weighted by molar-refractivity contribution is 5.92. The first-order valence-corrected chi connectivity index (χ1v) is 10.0. The molecule has 2 atom stereocenters. The van der Waals surface area contributed by atoms with Crippen LogP contribution in [0.15, 0.2) is 30.3 Å². The Morgan fingerprint density at radius 3 is 2.94 bits per heavy atom. The molecular weight excluding hydrogens is 398 g/mol. The quantitative estimate of drug-likeness (QED) is 0.509. The Labute approximate surface area is 179 Å². The summed E-state index contributed by atoms with van der Waals surface area (Å²) in [6.07, 6.45) is 1.30. The summed E-state index contributed by atoms with van der Waals surface area (Å²) in [7, 11) is 0. The monoisotopic (exact) mass is 421 g/mol. The fourth-order valence-corrected chi connectivity index (χ4v) is 3.54. The first-order valence-electron chi connectivity index (χ1n) is 10.0. The van der Waals surface area contributed by atoms with Gasteiger partial charge in [0.1, 0.15) is 16.9 Å². The number of benzene rings is 1. The molecule has 9 nitrogen and oxygen atoms in total. The van der Waals surface area contributed by atoms with Crippen LogP contribution in [0.25, 0.3) is 11.4 Å². The maximum absolute atomic E-state index is 12.1. The zero-order valence-electron chi connectivity index (χ0n) is 16.9. The lowest BCUT2D eigenvalue weighted by atomic mass is 9.88. The van der Waals surface area contributed by atoms with Gasteiger partial charge in [-0.1, -0.05) is 24.0 Å². The second kappa shape index (κ2) is 8.71. The largest absolute Gasteiger partial charge is 0.394 e. The molecule has 9 heteroatoms. The highest BCUT2D eigenvalue weighted by atomic mass is 16.5. The molecule has 2 aliphatic heterocycles. The van der Waals surface area contributed by atoms with E-state index in [4.69, 9.17) is 10.5 Å². The smallest absolute Gasteiger partial charge is 0.267 e. The summed E-state index contributed by atoms with van der Waals surface area (Å²) in [6, 6.07) is 8.79. The molecule has 4 rings (SSSR count). The predicted molar refractivity (Wildman–Crippen MR) is 113 cm³/mol. The van der Waals surface area contributed by atoms with Crippen LogP contribution in [0, 0.1) is 17.3 Å². The number of nitrogens with two attached hydrogens (primary N) is 1. The number of carbonyl (C=O) groups is 2. The van der Waals surface area contributed by atoms with Gasteiger partial charge in [0.2, 0.25) is 5.91 Å². The molecule has 31 heavy (non-hydrogen) atoms. The number of amides is 2. The van der Waals surface area contributed by atoms with Gasteiger partial charge in [-0.05, 0) is 25.0 Å². The minimum absolute atomic E-state index is 0.102. The molecule has 1 aromatic heterocycles. The van der Waals surface area contributed by atoms with E-state index in [1.807, 2.05) is 0 Å². The Balaban J connectivity index is 1.65. The normalized spacial score (nSPS) is 22.5. The number of carbonyl (C=O) groups excluding carboxylic acids is 2. The van der Waals surface area contributed by atoms with E-state index in [2.05, 4.69) is 32.4 Å². The molecule has 0 radical (unpaired) electrons. The van der Waals surface area contributed by atoms with Crippen molar-refractivity contribution in [2.75, 3.05) is 31.7 Å². The summed E-state index contributed by atoms with van der Waals surface area (Å²) in [5.41, 5.74) is 5.76. The van der Waals surface area contributed by atoms with Crippen LogP contribution >= 0.6 is 0 Å². The minimum atomic E-state index is -1.08. The zero-order valence-corrected chi connectivity index (χ0v) is 16.9. The average molecular weight is 421 g/mol. The molecule has 2 aromatic rings. The number of rotatable bonds is 5. The van der Waals surface area contributed by atoms with Crippen molar-refractivity contribution in [2.24, 2.45) is 11.1 Å². The lowest BCUT2D eigenvalue weighted by Gasteiger charge is -2.15. The highest BCUT2D eigenvalue weighted by Gasteiger charge is 2.40. The first kappa shape index (κ1) is 20.8. The number of hydrogen-bond donors (Lipinski definition) is 4. The molecule has 0 unspecified atom stereocenters. The Morgan fingerprint density at radius 2 is 2.26 bits per heavy atom. The number of anilines is 1. The zero-order chi connectivity index (χ0) is 21.8. The van der Waals surface area contributed by atoms with Crippen molar-refractivity contribution < 1.29 is 19.4 Å². The molecule has 5 N–H and O–H groups in total. The van der Waals surface area contributed by atoms with Gasteiger partial charge in [0, 0.05) is 30.3 Å². The van der Waals surface area contributed by atoms with Crippen molar-refractivity contribution in [2.45, 2.75) is 18.9 Å². The first-order chi connectivity index (χ1) is 15.0. The molecule has 0 spiro atoms. The van der Waals surface area contributed by atoms with Crippen LogP contribution in [-0.4, -0.2) is 59.3 Å². The van der Waals surface area contributed by atoms with Gasteiger partial charge in [0.25, 0.3) is 5.91 Å². The Kier molecular flexibility index (Phi) is 5.84. The molecule has 2 aliphatic rings. The van der Waals surface area contributed by atoms with Crippen LogP contribution in [0.5, 0.6) is 0 Å². The van der Waals surface area contributed by atoms with Gasteiger partial charge in [-0.25, -0.2) is 9.97 Å². The third kappa shape index (κ3) is 4.50. The highest BCUT2D eigenvalue weighted by Crippen LogP contribution is 2.26. The third-order valence-electron chi connectivity index (χ3n) is 5.37. The number of nitrogens with zero attached hydrogens (tertiary/aromatic N) is 2. The van der Waals surface area contributed by atoms with Crippen LogP contribution in [0.3, 0.4) is 0 Å². The average Bonchev–Trinajstić information content (AvgIpc) is 3.42.